The van der Waals surface area contributed by atoms with Crippen molar-refractivity contribution in [3.63, 3.8) is 0 Å². The van der Waals surface area contributed by atoms with E-state index >= 15 is 0 Å². The molecule has 1 saturated heterocycles. The molecule has 0 aliphatic carbocycles. The molecule has 0 aromatic carbocycles. The summed E-state index contributed by atoms with van der Waals surface area (Å²) < 4.78 is 0. The van der Waals surface area contributed by atoms with Gasteiger partial charge in [-0.15, -0.1) is 0 Å². The third-order valence-electron chi connectivity index (χ3n) is 3.58. The summed E-state index contributed by atoms with van der Waals surface area (Å²) in [7, 11) is 5.79. The van der Waals surface area contributed by atoms with Gasteiger partial charge >= 0.3 is 0 Å². The number of guanidine groups is 1. The second-order valence-electron chi connectivity index (χ2n) is 4.95. The molecule has 0 unspecified atom stereocenters. The molecule has 0 radical (unpaired) electrons. The second-order valence-corrected chi connectivity index (χ2v) is 4.95. The summed E-state index contributed by atoms with van der Waals surface area (Å²) in [5, 5.41) is 6.31. The number of piperazine rings is 1. The molecule has 1 aromatic heterocycles. The van der Waals surface area contributed by atoms with Gasteiger partial charge in [-0.3, -0.25) is 4.99 Å². The van der Waals surface area contributed by atoms with Crippen molar-refractivity contribution >= 4 is 11.8 Å². The minimum atomic E-state index is 0.725. The van der Waals surface area contributed by atoms with E-state index in [0.717, 1.165) is 44.5 Å². The van der Waals surface area contributed by atoms with Crippen molar-refractivity contribution in [3.05, 3.63) is 23.9 Å². The van der Waals surface area contributed by atoms with Crippen molar-refractivity contribution in [3.8, 4) is 0 Å². The quantitative estimate of drug-likeness (QED) is 0.607. The second kappa shape index (κ2) is 7.09. The molecule has 1 aromatic rings. The average Bonchev–Trinajstić information content (AvgIpc) is 2.50. The predicted octanol–water partition coefficient (Wildman–Crippen LogP) is 0.128. The Labute approximate surface area is 120 Å². The molecule has 2 N–H and O–H groups in total. The molecule has 20 heavy (non-hydrogen) atoms. The molecular weight excluding hydrogens is 252 g/mol. The van der Waals surface area contributed by atoms with Gasteiger partial charge in [-0.05, 0) is 13.1 Å². The number of nitrogens with zero attached hydrogens (tertiary/aromatic N) is 4. The fourth-order valence-corrected chi connectivity index (χ4v) is 2.33. The average molecular weight is 276 g/mol. The van der Waals surface area contributed by atoms with Gasteiger partial charge in [0.05, 0.1) is 0 Å². The maximum absolute atomic E-state index is 4.56. The van der Waals surface area contributed by atoms with Crippen molar-refractivity contribution < 1.29 is 0 Å². The minimum absolute atomic E-state index is 0.725. The predicted molar refractivity (Wildman–Crippen MR) is 83.2 cm³/mol. The van der Waals surface area contributed by atoms with Crippen LogP contribution in [0.3, 0.4) is 0 Å². The summed E-state index contributed by atoms with van der Waals surface area (Å²) in [4.78, 5) is 13.4. The molecule has 2 rings (SSSR count). The van der Waals surface area contributed by atoms with Crippen molar-refractivity contribution in [2.24, 2.45) is 4.99 Å². The van der Waals surface area contributed by atoms with Gasteiger partial charge in [-0.25, -0.2) is 4.98 Å². The Morgan fingerprint density at radius 2 is 2.10 bits per heavy atom. The van der Waals surface area contributed by atoms with Crippen molar-refractivity contribution in [2.45, 2.75) is 6.54 Å². The van der Waals surface area contributed by atoms with Crippen LogP contribution >= 0.6 is 0 Å². The fraction of sp³-hybridized carbons (Fsp3) is 0.571. The molecule has 0 atom stereocenters. The lowest BCUT2D eigenvalue weighted by molar-refractivity contribution is 0.312. The summed E-state index contributed by atoms with van der Waals surface area (Å²) in [5.74, 6) is 1.87. The van der Waals surface area contributed by atoms with Crippen molar-refractivity contribution in [1.29, 1.82) is 0 Å². The molecule has 2 heterocycles. The molecule has 1 fully saturated rings. The molecule has 1 aliphatic heterocycles. The highest BCUT2D eigenvalue weighted by molar-refractivity contribution is 5.79. The minimum Gasteiger partial charge on any atom is -0.359 e. The van der Waals surface area contributed by atoms with Gasteiger partial charge in [-0.1, -0.05) is 6.07 Å². The number of anilines is 1. The lowest BCUT2D eigenvalue weighted by Crippen LogP contribution is -2.45. The summed E-state index contributed by atoms with van der Waals surface area (Å²) in [6.45, 7) is 4.95. The van der Waals surface area contributed by atoms with E-state index < -0.39 is 0 Å². The van der Waals surface area contributed by atoms with Gasteiger partial charge in [-0.2, -0.15) is 0 Å². The number of likely N-dealkylation sites (N-methyl/N-ethyl adjacent to an activating group) is 1. The molecule has 0 amide bonds. The first-order valence-corrected chi connectivity index (χ1v) is 7.00. The summed E-state index contributed by atoms with van der Waals surface area (Å²) in [6.07, 6.45) is 1.87. The van der Waals surface area contributed by atoms with Crippen LogP contribution in [0.2, 0.25) is 0 Å². The van der Waals surface area contributed by atoms with Gasteiger partial charge in [0.15, 0.2) is 5.96 Å². The van der Waals surface area contributed by atoms with Crippen LogP contribution in [-0.4, -0.2) is 63.2 Å². The van der Waals surface area contributed by atoms with E-state index in [1.807, 2.05) is 19.3 Å². The first-order valence-electron chi connectivity index (χ1n) is 7.00. The lowest BCUT2D eigenvalue weighted by Gasteiger charge is -2.34. The number of nitrogens with one attached hydrogen (secondary N) is 2. The molecule has 6 nitrogen and oxygen atoms in total. The van der Waals surface area contributed by atoms with Gasteiger partial charge in [0, 0.05) is 58.6 Å². The summed E-state index contributed by atoms with van der Waals surface area (Å²) >= 11 is 0. The highest BCUT2D eigenvalue weighted by Crippen LogP contribution is 2.18. The number of hydrogen-bond donors (Lipinski definition) is 2. The highest BCUT2D eigenvalue weighted by atomic mass is 15.3. The zero-order valence-corrected chi connectivity index (χ0v) is 12.6. The van der Waals surface area contributed by atoms with Gasteiger partial charge in [0.2, 0.25) is 0 Å². The monoisotopic (exact) mass is 276 g/mol. The first-order chi connectivity index (χ1) is 9.74. The number of aliphatic imine (C=N–C) groups is 1. The van der Waals surface area contributed by atoms with Crippen LogP contribution in [0.1, 0.15) is 5.56 Å². The Hall–Kier alpha value is -1.82. The van der Waals surface area contributed by atoms with Crippen LogP contribution in [0.25, 0.3) is 0 Å². The largest absolute Gasteiger partial charge is 0.359 e. The van der Waals surface area contributed by atoms with Crippen LogP contribution in [0, 0.1) is 0 Å². The molecule has 0 bridgehead atoms. The highest BCUT2D eigenvalue weighted by Gasteiger charge is 2.17. The summed E-state index contributed by atoms with van der Waals surface area (Å²) in [5.41, 5.74) is 1.20. The Morgan fingerprint density at radius 1 is 1.35 bits per heavy atom. The van der Waals surface area contributed by atoms with E-state index in [1.165, 1.54) is 5.56 Å². The SMILES string of the molecule is CN=C(NC)NCc1cccnc1N1CCN(C)CC1. The zero-order valence-electron chi connectivity index (χ0n) is 12.6. The fourth-order valence-electron chi connectivity index (χ4n) is 2.33. The van der Waals surface area contributed by atoms with Crippen LogP contribution < -0.4 is 15.5 Å². The number of rotatable bonds is 3. The first kappa shape index (κ1) is 14.6. The summed E-state index contributed by atoms with van der Waals surface area (Å²) in [6, 6.07) is 4.11. The van der Waals surface area contributed by atoms with E-state index in [2.05, 4.69) is 43.5 Å². The molecule has 0 saturated carbocycles. The maximum atomic E-state index is 4.56. The van der Waals surface area contributed by atoms with E-state index in [-0.39, 0.29) is 0 Å². The van der Waals surface area contributed by atoms with Crippen LogP contribution in [0.4, 0.5) is 5.82 Å². The number of pyridine rings is 1. The normalized spacial score (nSPS) is 17.1. The van der Waals surface area contributed by atoms with Gasteiger partial charge < -0.3 is 20.4 Å². The van der Waals surface area contributed by atoms with Crippen LogP contribution in [0.15, 0.2) is 23.3 Å². The Balaban J connectivity index is 2.06. The third-order valence-corrected chi connectivity index (χ3v) is 3.58. The lowest BCUT2D eigenvalue weighted by atomic mass is 10.2. The topological polar surface area (TPSA) is 55.8 Å². The molecule has 110 valence electrons. The van der Waals surface area contributed by atoms with Gasteiger partial charge in [0.1, 0.15) is 5.82 Å². The van der Waals surface area contributed by atoms with E-state index in [9.17, 15) is 0 Å². The van der Waals surface area contributed by atoms with Crippen LogP contribution in [-0.2, 0) is 6.54 Å². The van der Waals surface area contributed by atoms with Crippen molar-refractivity contribution in [2.75, 3.05) is 52.2 Å². The molecule has 6 heteroatoms. The molecule has 1 aliphatic rings. The van der Waals surface area contributed by atoms with Crippen molar-refractivity contribution in [1.82, 2.24) is 20.5 Å². The Bertz CT molecular complexity index is 451. The standard InChI is InChI=1S/C14H24N6/c1-15-14(16-2)18-11-12-5-4-6-17-13(12)20-9-7-19(3)8-10-20/h4-6H,7-11H2,1-3H3,(H2,15,16,18). The smallest absolute Gasteiger partial charge is 0.190 e. The number of aromatic nitrogens is 1. The maximum Gasteiger partial charge on any atom is 0.190 e. The zero-order chi connectivity index (χ0) is 14.4. The van der Waals surface area contributed by atoms with E-state index in [4.69, 9.17) is 0 Å². The Kier molecular flexibility index (Phi) is 5.17. The molecular formula is C14H24N6. The van der Waals surface area contributed by atoms with Gasteiger partial charge in [0.25, 0.3) is 0 Å². The third kappa shape index (κ3) is 3.60. The van der Waals surface area contributed by atoms with E-state index in [1.54, 1.807) is 7.05 Å². The molecule has 0 spiro atoms. The Morgan fingerprint density at radius 3 is 2.75 bits per heavy atom. The van der Waals surface area contributed by atoms with E-state index in [0.29, 0.717) is 0 Å². The van der Waals surface area contributed by atoms with Crippen LogP contribution in [0.5, 0.6) is 0 Å². The number of hydrogen-bond acceptors (Lipinski definition) is 4.